The normalized spacial score (nSPS) is 14.6. The molecule has 2 N–H and O–H groups in total. The number of hydrogen-bond acceptors (Lipinski definition) is 5. The molecule has 1 aliphatic heterocycles. The average Bonchev–Trinajstić information content (AvgIpc) is 2.91. The molecule has 27 heavy (non-hydrogen) atoms. The number of nitrogens with zero attached hydrogens (tertiary/aromatic N) is 3. The number of ether oxygens (including phenoxy) is 1. The van der Waals surface area contributed by atoms with E-state index in [9.17, 15) is 0 Å². The Balaban J connectivity index is 1.85. The lowest BCUT2D eigenvalue weighted by Crippen LogP contribution is -2.34. The van der Waals surface area contributed by atoms with Crippen molar-refractivity contribution < 1.29 is 4.74 Å². The molecular formula is C20H27N5OS. The maximum Gasteiger partial charge on any atom is 0.234 e. The van der Waals surface area contributed by atoms with Crippen LogP contribution in [0.25, 0.3) is 0 Å². The lowest BCUT2D eigenvalue weighted by Gasteiger charge is -2.22. The van der Waals surface area contributed by atoms with Crippen LogP contribution in [0.2, 0.25) is 0 Å². The first-order valence-corrected chi connectivity index (χ1v) is 9.95. The number of para-hydroxylation sites is 1. The summed E-state index contributed by atoms with van der Waals surface area (Å²) < 4.78 is 5.96. The Labute approximate surface area is 166 Å². The molecule has 3 rings (SSSR count). The van der Waals surface area contributed by atoms with E-state index in [0.29, 0.717) is 16.9 Å². The Morgan fingerprint density at radius 1 is 1.07 bits per heavy atom. The second kappa shape index (κ2) is 9.50. The topological polar surface area (TPSA) is 62.3 Å². The van der Waals surface area contributed by atoms with Crippen LogP contribution in [0.15, 0.2) is 36.4 Å². The smallest absolute Gasteiger partial charge is 0.234 e. The summed E-state index contributed by atoms with van der Waals surface area (Å²) in [4.78, 5) is 11.5. The van der Waals surface area contributed by atoms with E-state index in [0.717, 1.165) is 24.7 Å². The van der Waals surface area contributed by atoms with E-state index in [4.69, 9.17) is 17.0 Å². The predicted octanol–water partition coefficient (Wildman–Crippen LogP) is 4.34. The quantitative estimate of drug-likeness (QED) is 0.742. The first-order chi connectivity index (χ1) is 13.1. The van der Waals surface area contributed by atoms with Gasteiger partial charge in [0.15, 0.2) is 5.11 Å². The summed E-state index contributed by atoms with van der Waals surface area (Å²) in [7, 11) is 0. The molecule has 1 fully saturated rings. The molecule has 2 aromatic rings. The van der Waals surface area contributed by atoms with Crippen LogP contribution in [0.5, 0.6) is 11.6 Å². The fraction of sp³-hybridized carbons (Fsp3) is 0.450. The molecule has 144 valence electrons. The number of nitrogens with one attached hydrogen (secondary N) is 2. The maximum absolute atomic E-state index is 5.96. The van der Waals surface area contributed by atoms with E-state index in [1.807, 2.05) is 50.2 Å². The minimum atomic E-state index is 0.235. The summed E-state index contributed by atoms with van der Waals surface area (Å²) in [6, 6.07) is 11.8. The molecular weight excluding hydrogens is 358 g/mol. The van der Waals surface area contributed by atoms with E-state index >= 15 is 0 Å². The number of hydrogen-bond donors (Lipinski definition) is 2. The zero-order valence-corrected chi connectivity index (χ0v) is 16.8. The van der Waals surface area contributed by atoms with Gasteiger partial charge in [-0.05, 0) is 51.0 Å². The van der Waals surface area contributed by atoms with Gasteiger partial charge in [-0.15, -0.1) is 0 Å². The number of rotatable bonds is 5. The van der Waals surface area contributed by atoms with Gasteiger partial charge in [0.25, 0.3) is 0 Å². The van der Waals surface area contributed by atoms with Crippen molar-refractivity contribution in [2.45, 2.75) is 45.6 Å². The Morgan fingerprint density at radius 2 is 1.78 bits per heavy atom. The van der Waals surface area contributed by atoms with Gasteiger partial charge in [-0.1, -0.05) is 31.0 Å². The number of aromatic nitrogens is 2. The lowest BCUT2D eigenvalue weighted by molar-refractivity contribution is 0.462. The van der Waals surface area contributed by atoms with Crippen molar-refractivity contribution in [1.82, 2.24) is 15.3 Å². The van der Waals surface area contributed by atoms with E-state index in [1.54, 1.807) is 0 Å². The van der Waals surface area contributed by atoms with E-state index in [-0.39, 0.29) is 6.04 Å². The van der Waals surface area contributed by atoms with Gasteiger partial charge in [0.2, 0.25) is 11.8 Å². The molecule has 1 saturated heterocycles. The highest BCUT2D eigenvalue weighted by atomic mass is 32.1. The molecule has 0 aliphatic carbocycles. The molecule has 1 aromatic heterocycles. The second-order valence-corrected chi connectivity index (χ2v) is 7.37. The molecule has 7 heteroatoms. The van der Waals surface area contributed by atoms with Gasteiger partial charge in [-0.25, -0.2) is 0 Å². The van der Waals surface area contributed by atoms with E-state index in [1.165, 1.54) is 25.7 Å². The fourth-order valence-electron chi connectivity index (χ4n) is 2.99. The predicted molar refractivity (Wildman–Crippen MR) is 114 cm³/mol. The molecule has 1 aromatic carbocycles. The molecule has 0 bridgehead atoms. The monoisotopic (exact) mass is 385 g/mol. The van der Waals surface area contributed by atoms with Gasteiger partial charge in [0.05, 0.1) is 0 Å². The van der Waals surface area contributed by atoms with E-state index < -0.39 is 0 Å². The number of anilines is 2. The van der Waals surface area contributed by atoms with Crippen molar-refractivity contribution in [3.8, 4) is 11.6 Å². The van der Waals surface area contributed by atoms with Gasteiger partial charge in [-0.2, -0.15) is 9.97 Å². The third-order valence-electron chi connectivity index (χ3n) is 4.23. The highest BCUT2D eigenvalue weighted by molar-refractivity contribution is 7.80. The molecule has 0 unspecified atom stereocenters. The Kier molecular flexibility index (Phi) is 6.81. The highest BCUT2D eigenvalue weighted by Crippen LogP contribution is 2.26. The minimum absolute atomic E-state index is 0.235. The second-order valence-electron chi connectivity index (χ2n) is 6.96. The molecule has 2 heterocycles. The van der Waals surface area contributed by atoms with Gasteiger partial charge < -0.3 is 20.3 Å². The highest BCUT2D eigenvalue weighted by Gasteiger charge is 2.15. The van der Waals surface area contributed by atoms with Crippen molar-refractivity contribution in [3.05, 3.63) is 36.4 Å². The molecule has 1 aliphatic rings. The summed E-state index contributed by atoms with van der Waals surface area (Å²) in [5.41, 5.74) is 0. The first kappa shape index (κ1) is 19.4. The number of thiocarbonyl (C=S) groups is 1. The van der Waals surface area contributed by atoms with Crippen molar-refractivity contribution in [2.75, 3.05) is 23.3 Å². The summed E-state index contributed by atoms with van der Waals surface area (Å²) in [6.07, 6.45) is 4.88. The van der Waals surface area contributed by atoms with Crippen LogP contribution in [0.1, 0.15) is 39.5 Å². The lowest BCUT2D eigenvalue weighted by atomic mass is 10.2. The molecule has 0 amide bonds. The van der Waals surface area contributed by atoms with Crippen LogP contribution in [0.4, 0.5) is 11.8 Å². The van der Waals surface area contributed by atoms with Crippen LogP contribution in [0, 0.1) is 0 Å². The van der Waals surface area contributed by atoms with Crippen molar-refractivity contribution in [2.24, 2.45) is 0 Å². The third-order valence-corrected chi connectivity index (χ3v) is 4.45. The van der Waals surface area contributed by atoms with Crippen LogP contribution in [-0.2, 0) is 0 Å². The summed E-state index contributed by atoms with van der Waals surface area (Å²) >= 11 is 5.35. The van der Waals surface area contributed by atoms with E-state index in [2.05, 4.69) is 25.5 Å². The van der Waals surface area contributed by atoms with Gasteiger partial charge >= 0.3 is 0 Å². The van der Waals surface area contributed by atoms with Gasteiger partial charge in [0.1, 0.15) is 11.6 Å². The molecule has 6 nitrogen and oxygen atoms in total. The molecule has 0 radical (unpaired) electrons. The standard InChI is InChI=1S/C20H27N5OS/c1-15(2)21-20(27)24-19-22-17(25-12-8-3-4-9-13-25)14-18(23-19)26-16-10-6-5-7-11-16/h5-7,10-11,14-15H,3-4,8-9,12-13H2,1-2H3,(H2,21,22,23,24,27). The number of benzene rings is 1. The molecule has 0 spiro atoms. The largest absolute Gasteiger partial charge is 0.439 e. The van der Waals surface area contributed by atoms with Gasteiger partial charge in [0, 0.05) is 25.2 Å². The van der Waals surface area contributed by atoms with Crippen LogP contribution in [-0.4, -0.2) is 34.2 Å². The Bertz CT molecular complexity index is 745. The Hall–Kier alpha value is -2.41. The Morgan fingerprint density at radius 3 is 2.44 bits per heavy atom. The van der Waals surface area contributed by atoms with Crippen molar-refractivity contribution in [3.63, 3.8) is 0 Å². The maximum atomic E-state index is 5.96. The molecule has 0 atom stereocenters. The van der Waals surface area contributed by atoms with Crippen LogP contribution >= 0.6 is 12.2 Å². The minimum Gasteiger partial charge on any atom is -0.439 e. The average molecular weight is 386 g/mol. The fourth-order valence-corrected chi connectivity index (χ4v) is 3.32. The van der Waals surface area contributed by atoms with Crippen molar-refractivity contribution in [1.29, 1.82) is 0 Å². The zero-order valence-electron chi connectivity index (χ0n) is 15.9. The molecule has 0 saturated carbocycles. The SMILES string of the molecule is CC(C)NC(=S)Nc1nc(Oc2ccccc2)cc(N2CCCCCC2)n1. The van der Waals surface area contributed by atoms with Crippen molar-refractivity contribution >= 4 is 29.1 Å². The zero-order chi connectivity index (χ0) is 19.1. The summed E-state index contributed by atoms with van der Waals surface area (Å²) in [6.45, 7) is 6.06. The third kappa shape index (κ3) is 6.06. The van der Waals surface area contributed by atoms with Crippen LogP contribution in [0.3, 0.4) is 0 Å². The first-order valence-electron chi connectivity index (χ1n) is 9.54. The summed E-state index contributed by atoms with van der Waals surface area (Å²) in [5, 5.41) is 6.74. The van der Waals surface area contributed by atoms with Gasteiger partial charge in [-0.3, -0.25) is 0 Å². The summed E-state index contributed by atoms with van der Waals surface area (Å²) in [5.74, 6) is 2.56. The van der Waals surface area contributed by atoms with Crippen LogP contribution < -0.4 is 20.3 Å².